The molecule has 0 aliphatic carbocycles. The van der Waals surface area contributed by atoms with Gasteiger partial charge in [-0.05, 0) is 30.9 Å². The average molecular weight is 200 g/mol. The smallest absolute Gasteiger partial charge is 0.0492 e. The summed E-state index contributed by atoms with van der Waals surface area (Å²) in [7, 11) is 2.00. The van der Waals surface area contributed by atoms with Gasteiger partial charge in [0, 0.05) is 18.9 Å². The maximum Gasteiger partial charge on any atom is 0.0492 e. The van der Waals surface area contributed by atoms with E-state index in [1.165, 1.54) is 17.7 Å². The number of benzene rings is 1. The van der Waals surface area contributed by atoms with Gasteiger partial charge in [-0.25, -0.2) is 0 Å². The zero-order valence-corrected chi connectivity index (χ0v) is 9.06. The van der Waals surface area contributed by atoms with E-state index in [4.69, 9.17) is 0 Å². The largest absolute Gasteiger partial charge is 0.273 e. The predicted octanol–water partition coefficient (Wildman–Crippen LogP) is 2.60. The topological polar surface area (TPSA) is 17.8 Å². The lowest BCUT2D eigenvalue weighted by Crippen LogP contribution is -1.98. The summed E-state index contributed by atoms with van der Waals surface area (Å²) in [6, 6.07) is 12.7. The maximum absolute atomic E-state index is 4.16. The summed E-state index contributed by atoms with van der Waals surface area (Å²) in [5, 5.41) is 4.16. The van der Waals surface area contributed by atoms with Crippen molar-refractivity contribution in [3.05, 3.63) is 53.9 Å². The highest BCUT2D eigenvalue weighted by molar-refractivity contribution is 5.14. The zero-order chi connectivity index (χ0) is 10.5. The minimum absolute atomic E-state index is 1.10. The Bertz CT molecular complexity index is 403. The molecule has 2 heteroatoms. The molecule has 0 unspecified atom stereocenters. The van der Waals surface area contributed by atoms with Crippen LogP contribution in [0.5, 0.6) is 0 Å². The Hall–Kier alpha value is -1.57. The molecule has 1 aromatic heterocycles. The molecule has 2 nitrogen and oxygen atoms in total. The van der Waals surface area contributed by atoms with E-state index in [-0.39, 0.29) is 0 Å². The number of hydrogen-bond acceptors (Lipinski definition) is 1. The van der Waals surface area contributed by atoms with Crippen molar-refractivity contribution in [3.8, 4) is 0 Å². The lowest BCUT2D eigenvalue weighted by Gasteiger charge is -2.02. The summed E-state index contributed by atoms with van der Waals surface area (Å²) >= 11 is 0. The van der Waals surface area contributed by atoms with E-state index >= 15 is 0 Å². The van der Waals surface area contributed by atoms with Crippen LogP contribution in [0.1, 0.15) is 17.7 Å². The van der Waals surface area contributed by atoms with E-state index in [2.05, 4.69) is 41.5 Å². The van der Waals surface area contributed by atoms with E-state index in [1.54, 1.807) is 0 Å². The first kappa shape index (κ1) is 9.97. The molecule has 0 bridgehead atoms. The molecule has 0 amide bonds. The van der Waals surface area contributed by atoms with Crippen molar-refractivity contribution in [2.24, 2.45) is 7.05 Å². The first-order valence-electron chi connectivity index (χ1n) is 5.37. The number of hydrogen-bond donors (Lipinski definition) is 0. The Labute approximate surface area is 90.6 Å². The van der Waals surface area contributed by atoms with Crippen LogP contribution in [-0.2, 0) is 19.9 Å². The molecule has 0 saturated carbocycles. The monoisotopic (exact) mass is 200 g/mol. The Morgan fingerprint density at radius 2 is 1.87 bits per heavy atom. The van der Waals surface area contributed by atoms with Gasteiger partial charge in [-0.3, -0.25) is 4.68 Å². The fourth-order valence-corrected chi connectivity index (χ4v) is 1.76. The molecule has 0 fully saturated rings. The van der Waals surface area contributed by atoms with Crippen molar-refractivity contribution in [1.82, 2.24) is 9.78 Å². The van der Waals surface area contributed by atoms with E-state index in [0.29, 0.717) is 0 Å². The van der Waals surface area contributed by atoms with Gasteiger partial charge in [0.15, 0.2) is 0 Å². The molecule has 15 heavy (non-hydrogen) atoms. The normalized spacial score (nSPS) is 10.5. The quantitative estimate of drug-likeness (QED) is 0.741. The average Bonchev–Trinajstić information content (AvgIpc) is 2.66. The molecular formula is C13H16N2. The van der Waals surface area contributed by atoms with E-state index in [9.17, 15) is 0 Å². The molecule has 0 aliphatic rings. The van der Waals surface area contributed by atoms with Crippen LogP contribution in [-0.4, -0.2) is 9.78 Å². The fraction of sp³-hybridized carbons (Fsp3) is 0.308. The van der Waals surface area contributed by atoms with Crippen LogP contribution < -0.4 is 0 Å². The Balaban J connectivity index is 1.83. The summed E-state index contributed by atoms with van der Waals surface area (Å²) in [5.74, 6) is 0. The number of aryl methyl sites for hydroxylation is 3. The Morgan fingerprint density at radius 1 is 1.07 bits per heavy atom. The minimum atomic E-state index is 1.10. The molecule has 2 aromatic rings. The van der Waals surface area contributed by atoms with Gasteiger partial charge in [-0.1, -0.05) is 30.3 Å². The number of aromatic nitrogens is 2. The van der Waals surface area contributed by atoms with Crippen LogP contribution in [0.15, 0.2) is 42.6 Å². The van der Waals surface area contributed by atoms with Crippen LogP contribution in [0.4, 0.5) is 0 Å². The molecule has 0 N–H and O–H groups in total. The summed E-state index contributed by atoms with van der Waals surface area (Å²) < 4.78 is 1.95. The summed E-state index contributed by atoms with van der Waals surface area (Å²) in [6.45, 7) is 0. The minimum Gasteiger partial charge on any atom is -0.273 e. The molecule has 1 aromatic carbocycles. The number of nitrogens with zero attached hydrogens (tertiary/aromatic N) is 2. The summed E-state index contributed by atoms with van der Waals surface area (Å²) in [4.78, 5) is 0. The van der Waals surface area contributed by atoms with Gasteiger partial charge < -0.3 is 0 Å². The standard InChI is InChI=1S/C13H16N2/c1-15-13(10-11-14-15)9-5-8-12-6-3-2-4-7-12/h2-4,6-7,10-11H,5,8-9H2,1H3. The molecule has 1 heterocycles. The predicted molar refractivity (Wildman–Crippen MR) is 61.7 cm³/mol. The van der Waals surface area contributed by atoms with Gasteiger partial charge in [0.05, 0.1) is 0 Å². The highest BCUT2D eigenvalue weighted by Gasteiger charge is 1.98. The van der Waals surface area contributed by atoms with Crippen LogP contribution >= 0.6 is 0 Å². The second-order valence-corrected chi connectivity index (χ2v) is 3.79. The van der Waals surface area contributed by atoms with Crippen molar-refractivity contribution >= 4 is 0 Å². The molecule has 2 rings (SSSR count). The SMILES string of the molecule is Cn1nccc1CCCc1ccccc1. The highest BCUT2D eigenvalue weighted by Crippen LogP contribution is 2.06. The van der Waals surface area contributed by atoms with E-state index in [0.717, 1.165) is 12.8 Å². The zero-order valence-electron chi connectivity index (χ0n) is 9.06. The fourth-order valence-electron chi connectivity index (χ4n) is 1.76. The van der Waals surface area contributed by atoms with Gasteiger partial charge in [0.25, 0.3) is 0 Å². The van der Waals surface area contributed by atoms with E-state index in [1.807, 2.05) is 17.9 Å². The van der Waals surface area contributed by atoms with Crippen LogP contribution in [0.2, 0.25) is 0 Å². The lowest BCUT2D eigenvalue weighted by molar-refractivity contribution is 0.682. The molecular weight excluding hydrogens is 184 g/mol. The third kappa shape index (κ3) is 2.69. The van der Waals surface area contributed by atoms with Gasteiger partial charge >= 0.3 is 0 Å². The Morgan fingerprint density at radius 3 is 2.53 bits per heavy atom. The van der Waals surface area contributed by atoms with Crippen molar-refractivity contribution in [1.29, 1.82) is 0 Å². The molecule has 78 valence electrons. The van der Waals surface area contributed by atoms with Crippen LogP contribution in [0.3, 0.4) is 0 Å². The second-order valence-electron chi connectivity index (χ2n) is 3.79. The van der Waals surface area contributed by atoms with Gasteiger partial charge in [-0.15, -0.1) is 0 Å². The Kier molecular flexibility index (Phi) is 3.18. The molecule has 0 saturated heterocycles. The lowest BCUT2D eigenvalue weighted by atomic mass is 10.1. The molecule has 0 spiro atoms. The van der Waals surface area contributed by atoms with Gasteiger partial charge in [-0.2, -0.15) is 5.10 Å². The van der Waals surface area contributed by atoms with Crippen LogP contribution in [0, 0.1) is 0 Å². The third-order valence-corrected chi connectivity index (χ3v) is 2.66. The molecule has 0 atom stereocenters. The van der Waals surface area contributed by atoms with Crippen molar-refractivity contribution < 1.29 is 0 Å². The maximum atomic E-state index is 4.16. The van der Waals surface area contributed by atoms with E-state index < -0.39 is 0 Å². The molecule has 0 aliphatic heterocycles. The number of rotatable bonds is 4. The summed E-state index contributed by atoms with van der Waals surface area (Å²) in [6.07, 6.45) is 5.29. The van der Waals surface area contributed by atoms with Crippen molar-refractivity contribution in [3.63, 3.8) is 0 Å². The first-order valence-corrected chi connectivity index (χ1v) is 5.37. The first-order chi connectivity index (χ1) is 7.36. The van der Waals surface area contributed by atoms with Crippen LogP contribution in [0.25, 0.3) is 0 Å². The third-order valence-electron chi connectivity index (χ3n) is 2.66. The molecule has 0 radical (unpaired) electrons. The van der Waals surface area contributed by atoms with Crippen molar-refractivity contribution in [2.45, 2.75) is 19.3 Å². The summed E-state index contributed by atoms with van der Waals surface area (Å²) in [5.41, 5.74) is 2.73. The highest BCUT2D eigenvalue weighted by atomic mass is 15.2. The second kappa shape index (κ2) is 4.78. The van der Waals surface area contributed by atoms with Crippen molar-refractivity contribution in [2.75, 3.05) is 0 Å². The van der Waals surface area contributed by atoms with Gasteiger partial charge in [0.2, 0.25) is 0 Å². The van der Waals surface area contributed by atoms with Gasteiger partial charge in [0.1, 0.15) is 0 Å².